The van der Waals surface area contributed by atoms with Crippen molar-refractivity contribution in [3.05, 3.63) is 59.9 Å². The lowest BCUT2D eigenvalue weighted by Gasteiger charge is -2.28. The van der Waals surface area contributed by atoms with Gasteiger partial charge in [0.2, 0.25) is 0 Å². The molecule has 6 nitrogen and oxygen atoms in total. The van der Waals surface area contributed by atoms with E-state index in [1.807, 2.05) is 18.2 Å². The molecule has 0 radical (unpaired) electrons. The van der Waals surface area contributed by atoms with Crippen LogP contribution < -0.4 is 10.1 Å². The number of rotatable bonds is 10. The number of hydrogen-bond acceptors (Lipinski definition) is 5. The molecule has 6 heteroatoms. The first-order valence-electron chi connectivity index (χ1n) is 11.4. The summed E-state index contributed by atoms with van der Waals surface area (Å²) in [6, 6.07) is 16.4. The lowest BCUT2D eigenvalue weighted by atomic mass is 10.1. The molecule has 2 aromatic carbocycles. The Morgan fingerprint density at radius 1 is 1.06 bits per heavy atom. The van der Waals surface area contributed by atoms with Gasteiger partial charge in [-0.2, -0.15) is 0 Å². The van der Waals surface area contributed by atoms with E-state index in [2.05, 4.69) is 52.2 Å². The van der Waals surface area contributed by atoms with Crippen LogP contribution in [-0.4, -0.2) is 58.4 Å². The number of para-hydroxylation sites is 2. The van der Waals surface area contributed by atoms with Gasteiger partial charge in [0, 0.05) is 33.1 Å². The molecule has 1 aliphatic heterocycles. The summed E-state index contributed by atoms with van der Waals surface area (Å²) in [5, 5.41) is 13.7. The molecule has 2 N–H and O–H groups in total. The Kier molecular flexibility index (Phi) is 7.57. The first-order valence-corrected chi connectivity index (χ1v) is 11.4. The molecule has 0 amide bonds. The predicted molar refractivity (Wildman–Crippen MR) is 124 cm³/mol. The van der Waals surface area contributed by atoms with E-state index in [4.69, 9.17) is 9.72 Å². The highest BCUT2D eigenvalue weighted by Gasteiger charge is 2.15. The average Bonchev–Trinajstić information content (AvgIpc) is 3.12. The number of piperidine rings is 1. The van der Waals surface area contributed by atoms with Gasteiger partial charge in [0.15, 0.2) is 0 Å². The number of benzene rings is 2. The van der Waals surface area contributed by atoms with Crippen molar-refractivity contribution in [1.29, 1.82) is 0 Å². The summed E-state index contributed by atoms with van der Waals surface area (Å²) in [5.41, 5.74) is 3.44. The third-order valence-corrected chi connectivity index (χ3v) is 6.02. The standard InChI is InChI=1S/C25H34N4O2/c1-28-24-8-4-3-7-23(24)27-25(28)13-14-26-17-20-9-11-22(12-10-20)31-19-21(30)18-29-15-5-2-6-16-29/h3-4,7-12,21,26,30H,2,5-6,13-19H2,1H3. The van der Waals surface area contributed by atoms with Crippen molar-refractivity contribution in [3.8, 4) is 5.75 Å². The number of imidazole rings is 1. The van der Waals surface area contributed by atoms with Crippen molar-refractivity contribution < 1.29 is 9.84 Å². The Labute approximate surface area is 184 Å². The summed E-state index contributed by atoms with van der Waals surface area (Å²) in [4.78, 5) is 7.06. The highest BCUT2D eigenvalue weighted by molar-refractivity contribution is 5.75. The van der Waals surface area contributed by atoms with Gasteiger partial charge in [-0.25, -0.2) is 4.98 Å². The fourth-order valence-corrected chi connectivity index (χ4v) is 4.24. The number of nitrogens with one attached hydrogen (secondary N) is 1. The highest BCUT2D eigenvalue weighted by Crippen LogP contribution is 2.15. The van der Waals surface area contributed by atoms with E-state index in [1.54, 1.807) is 0 Å². The quantitative estimate of drug-likeness (QED) is 0.492. The minimum absolute atomic E-state index is 0.339. The van der Waals surface area contributed by atoms with Crippen LogP contribution in [-0.2, 0) is 20.0 Å². The number of hydrogen-bond donors (Lipinski definition) is 2. The van der Waals surface area contributed by atoms with Crippen molar-refractivity contribution in [2.24, 2.45) is 7.05 Å². The molecule has 1 saturated heterocycles. The van der Waals surface area contributed by atoms with Gasteiger partial charge in [-0.15, -0.1) is 0 Å². The van der Waals surface area contributed by atoms with Gasteiger partial charge in [0.05, 0.1) is 11.0 Å². The maximum atomic E-state index is 10.2. The summed E-state index contributed by atoms with van der Waals surface area (Å²) < 4.78 is 7.95. The zero-order valence-corrected chi connectivity index (χ0v) is 18.5. The van der Waals surface area contributed by atoms with Crippen molar-refractivity contribution in [2.75, 3.05) is 32.8 Å². The first kappa shape index (κ1) is 21.8. The number of aryl methyl sites for hydroxylation is 1. The van der Waals surface area contributed by atoms with Crippen LogP contribution in [0.25, 0.3) is 11.0 Å². The number of fused-ring (bicyclic) bond motifs is 1. The van der Waals surface area contributed by atoms with E-state index in [9.17, 15) is 5.11 Å². The fraction of sp³-hybridized carbons (Fsp3) is 0.480. The molecule has 1 fully saturated rings. The zero-order valence-electron chi connectivity index (χ0n) is 18.5. The Morgan fingerprint density at radius 3 is 2.61 bits per heavy atom. The molecule has 0 bridgehead atoms. The summed E-state index contributed by atoms with van der Waals surface area (Å²) in [5.74, 6) is 1.90. The van der Waals surface area contributed by atoms with E-state index in [1.165, 1.54) is 30.3 Å². The van der Waals surface area contributed by atoms with Crippen LogP contribution in [0.4, 0.5) is 0 Å². The Morgan fingerprint density at radius 2 is 1.84 bits per heavy atom. The minimum atomic E-state index is -0.442. The molecule has 0 saturated carbocycles. The van der Waals surface area contributed by atoms with Gasteiger partial charge in [-0.1, -0.05) is 30.7 Å². The number of aromatic nitrogens is 2. The highest BCUT2D eigenvalue weighted by atomic mass is 16.5. The van der Waals surface area contributed by atoms with Gasteiger partial charge < -0.3 is 24.6 Å². The molecule has 31 heavy (non-hydrogen) atoms. The van der Waals surface area contributed by atoms with Crippen LogP contribution in [0.2, 0.25) is 0 Å². The molecule has 3 aromatic rings. The molecule has 166 valence electrons. The third kappa shape index (κ3) is 6.06. The van der Waals surface area contributed by atoms with Gasteiger partial charge >= 0.3 is 0 Å². The number of aliphatic hydroxyl groups is 1. The number of nitrogens with zero attached hydrogens (tertiary/aromatic N) is 3. The largest absolute Gasteiger partial charge is 0.491 e. The third-order valence-electron chi connectivity index (χ3n) is 6.02. The van der Waals surface area contributed by atoms with Gasteiger partial charge in [-0.3, -0.25) is 0 Å². The lowest BCUT2D eigenvalue weighted by Crippen LogP contribution is -2.38. The first-order chi connectivity index (χ1) is 15.2. The van der Waals surface area contributed by atoms with Crippen LogP contribution in [0.5, 0.6) is 5.75 Å². The molecule has 1 unspecified atom stereocenters. The van der Waals surface area contributed by atoms with Crippen molar-refractivity contribution in [3.63, 3.8) is 0 Å². The second kappa shape index (κ2) is 10.8. The Hall–Kier alpha value is -2.41. The normalized spacial score (nSPS) is 15.9. The fourth-order valence-electron chi connectivity index (χ4n) is 4.24. The molecule has 4 rings (SSSR count). The smallest absolute Gasteiger partial charge is 0.119 e. The predicted octanol–water partition coefficient (Wildman–Crippen LogP) is 3.13. The van der Waals surface area contributed by atoms with E-state index >= 15 is 0 Å². The topological polar surface area (TPSA) is 62.6 Å². The van der Waals surface area contributed by atoms with Gasteiger partial charge in [-0.05, 0) is 55.8 Å². The Bertz CT molecular complexity index is 948. The zero-order chi connectivity index (χ0) is 21.5. The molecule has 0 aliphatic carbocycles. The number of likely N-dealkylation sites (tertiary alicyclic amines) is 1. The molecule has 1 aliphatic rings. The molecular weight excluding hydrogens is 388 g/mol. The maximum Gasteiger partial charge on any atom is 0.119 e. The summed E-state index contributed by atoms with van der Waals surface area (Å²) in [6.07, 6.45) is 4.23. The molecule has 1 atom stereocenters. The van der Waals surface area contributed by atoms with E-state index in [0.29, 0.717) is 13.2 Å². The van der Waals surface area contributed by atoms with Crippen molar-refractivity contribution in [1.82, 2.24) is 19.8 Å². The van der Waals surface area contributed by atoms with Gasteiger partial charge in [0.1, 0.15) is 24.3 Å². The van der Waals surface area contributed by atoms with Crippen LogP contribution in [0, 0.1) is 0 Å². The van der Waals surface area contributed by atoms with Crippen LogP contribution in [0.15, 0.2) is 48.5 Å². The molecule has 2 heterocycles. The summed E-state index contributed by atoms with van der Waals surface area (Å²) in [6.45, 7) is 4.91. The lowest BCUT2D eigenvalue weighted by molar-refractivity contribution is 0.0617. The second-order valence-corrected chi connectivity index (χ2v) is 8.47. The van der Waals surface area contributed by atoms with E-state index < -0.39 is 6.10 Å². The average molecular weight is 423 g/mol. The van der Waals surface area contributed by atoms with Crippen molar-refractivity contribution in [2.45, 2.75) is 38.3 Å². The van der Waals surface area contributed by atoms with Crippen LogP contribution in [0.1, 0.15) is 30.7 Å². The van der Waals surface area contributed by atoms with Gasteiger partial charge in [0.25, 0.3) is 0 Å². The minimum Gasteiger partial charge on any atom is -0.491 e. The number of aliphatic hydroxyl groups excluding tert-OH is 1. The van der Waals surface area contributed by atoms with Crippen molar-refractivity contribution >= 4 is 11.0 Å². The van der Waals surface area contributed by atoms with Crippen LogP contribution >= 0.6 is 0 Å². The molecule has 1 aromatic heterocycles. The maximum absolute atomic E-state index is 10.2. The summed E-state index contributed by atoms with van der Waals surface area (Å²) >= 11 is 0. The Balaban J connectivity index is 1.16. The number of ether oxygens (including phenoxy) is 1. The van der Waals surface area contributed by atoms with E-state index in [-0.39, 0.29) is 0 Å². The van der Waals surface area contributed by atoms with E-state index in [0.717, 1.165) is 49.7 Å². The monoisotopic (exact) mass is 422 g/mol. The number of β-amino-alcohol motifs (C(OH)–C–C–N with tert-alkyl or cyclic N) is 1. The SMILES string of the molecule is Cn1c(CCNCc2ccc(OCC(O)CN3CCCCC3)cc2)nc2ccccc21. The molecular formula is C25H34N4O2. The molecule has 0 spiro atoms. The summed E-state index contributed by atoms with van der Waals surface area (Å²) in [7, 11) is 2.08. The van der Waals surface area contributed by atoms with Crippen LogP contribution in [0.3, 0.4) is 0 Å². The second-order valence-electron chi connectivity index (χ2n) is 8.47.